The van der Waals surface area contributed by atoms with Crippen molar-refractivity contribution in [2.45, 2.75) is 38.3 Å². The summed E-state index contributed by atoms with van der Waals surface area (Å²) in [6, 6.07) is 5.52. The molecule has 3 rings (SSSR count). The van der Waals surface area contributed by atoms with Crippen LogP contribution in [0, 0.1) is 12.8 Å². The Kier molecular flexibility index (Phi) is 3.32. The van der Waals surface area contributed by atoms with Gasteiger partial charge in [-0.2, -0.15) is 0 Å². The number of carbonyl (C=O) groups is 2. The Labute approximate surface area is 125 Å². The average Bonchev–Trinajstić information content (AvgIpc) is 2.98. The molecule has 1 aromatic rings. The first kappa shape index (κ1) is 13.6. The normalized spacial score (nSPS) is 27.9. The fourth-order valence-electron chi connectivity index (χ4n) is 3.55. The number of aliphatic carboxylic acids is 1. The zero-order chi connectivity index (χ0) is 14.4. The number of fused-ring (bicyclic) bond motifs is 2. The first-order chi connectivity index (χ1) is 9.50. The Morgan fingerprint density at radius 3 is 2.75 bits per heavy atom. The van der Waals surface area contributed by atoms with Gasteiger partial charge in [0.05, 0.1) is 5.92 Å². The quantitative estimate of drug-likeness (QED) is 0.902. The highest BCUT2D eigenvalue weighted by Crippen LogP contribution is 2.43. The number of rotatable bonds is 2. The molecule has 0 radical (unpaired) electrons. The molecule has 0 aromatic heterocycles. The second-order valence-electron chi connectivity index (χ2n) is 5.60. The van der Waals surface area contributed by atoms with E-state index in [0.29, 0.717) is 12.0 Å². The second kappa shape index (κ2) is 4.88. The van der Waals surface area contributed by atoms with Gasteiger partial charge in [-0.15, -0.1) is 0 Å². The third kappa shape index (κ3) is 1.95. The SMILES string of the molecule is Cc1c(Br)cccc1C(=O)N1C2CCC1C(C(=O)O)C2. The van der Waals surface area contributed by atoms with E-state index in [1.54, 1.807) is 0 Å². The first-order valence-corrected chi connectivity index (χ1v) is 7.60. The maximum absolute atomic E-state index is 12.8. The molecular formula is C15H16BrNO3. The molecule has 5 heteroatoms. The summed E-state index contributed by atoms with van der Waals surface area (Å²) in [7, 11) is 0. The lowest BCUT2D eigenvalue weighted by atomic mass is 9.89. The molecule has 2 heterocycles. The maximum atomic E-state index is 12.8. The minimum atomic E-state index is -0.777. The van der Waals surface area contributed by atoms with Crippen LogP contribution in [0.1, 0.15) is 35.2 Å². The molecule has 106 valence electrons. The van der Waals surface area contributed by atoms with E-state index < -0.39 is 11.9 Å². The number of halogens is 1. The van der Waals surface area contributed by atoms with E-state index in [1.807, 2.05) is 30.0 Å². The van der Waals surface area contributed by atoms with Crippen LogP contribution >= 0.6 is 15.9 Å². The minimum absolute atomic E-state index is 0.0277. The predicted molar refractivity (Wildman–Crippen MR) is 77.6 cm³/mol. The number of carbonyl (C=O) groups excluding carboxylic acids is 1. The van der Waals surface area contributed by atoms with E-state index >= 15 is 0 Å². The number of nitrogens with zero attached hydrogens (tertiary/aromatic N) is 1. The van der Waals surface area contributed by atoms with Crippen LogP contribution in [0.5, 0.6) is 0 Å². The van der Waals surface area contributed by atoms with E-state index in [1.165, 1.54) is 0 Å². The lowest BCUT2D eigenvalue weighted by Crippen LogP contribution is -2.38. The third-order valence-electron chi connectivity index (χ3n) is 4.59. The molecule has 0 aliphatic carbocycles. The van der Waals surface area contributed by atoms with Crippen molar-refractivity contribution in [3.05, 3.63) is 33.8 Å². The molecule has 2 aliphatic rings. The van der Waals surface area contributed by atoms with E-state index in [4.69, 9.17) is 0 Å². The average molecular weight is 338 g/mol. The predicted octanol–water partition coefficient (Wildman–Crippen LogP) is 2.84. The molecule has 0 saturated carbocycles. The van der Waals surface area contributed by atoms with E-state index in [9.17, 15) is 14.7 Å². The highest BCUT2D eigenvalue weighted by molar-refractivity contribution is 9.10. The van der Waals surface area contributed by atoms with Crippen molar-refractivity contribution < 1.29 is 14.7 Å². The lowest BCUT2D eigenvalue weighted by Gasteiger charge is -2.24. The van der Waals surface area contributed by atoms with Crippen LogP contribution in [0.4, 0.5) is 0 Å². The van der Waals surface area contributed by atoms with Crippen LogP contribution in [0.25, 0.3) is 0 Å². The summed E-state index contributed by atoms with van der Waals surface area (Å²) >= 11 is 3.44. The minimum Gasteiger partial charge on any atom is -0.481 e. The van der Waals surface area contributed by atoms with Crippen LogP contribution in [0.3, 0.4) is 0 Å². The van der Waals surface area contributed by atoms with Gasteiger partial charge in [0.2, 0.25) is 0 Å². The van der Waals surface area contributed by atoms with Crippen LogP contribution in [0.15, 0.2) is 22.7 Å². The molecule has 2 aliphatic heterocycles. The molecule has 0 spiro atoms. The summed E-state index contributed by atoms with van der Waals surface area (Å²) in [4.78, 5) is 25.8. The fraction of sp³-hybridized carbons (Fsp3) is 0.467. The number of amides is 1. The van der Waals surface area contributed by atoms with Gasteiger partial charge in [0, 0.05) is 22.1 Å². The summed E-state index contributed by atoms with van der Waals surface area (Å²) in [6.45, 7) is 1.91. The van der Waals surface area contributed by atoms with Gasteiger partial charge in [0.1, 0.15) is 0 Å². The van der Waals surface area contributed by atoms with Crippen molar-refractivity contribution >= 4 is 27.8 Å². The first-order valence-electron chi connectivity index (χ1n) is 6.81. The van der Waals surface area contributed by atoms with Crippen molar-refractivity contribution in [3.8, 4) is 0 Å². The van der Waals surface area contributed by atoms with Gasteiger partial charge in [0.15, 0.2) is 0 Å². The van der Waals surface area contributed by atoms with Crippen molar-refractivity contribution in [2.24, 2.45) is 5.92 Å². The summed E-state index contributed by atoms with van der Waals surface area (Å²) in [5.41, 5.74) is 1.58. The number of carboxylic acids is 1. The number of hydrogen-bond donors (Lipinski definition) is 1. The molecular weight excluding hydrogens is 322 g/mol. The number of hydrogen-bond acceptors (Lipinski definition) is 2. The smallest absolute Gasteiger partial charge is 0.308 e. The van der Waals surface area contributed by atoms with Gasteiger partial charge in [-0.3, -0.25) is 9.59 Å². The summed E-state index contributed by atoms with van der Waals surface area (Å²) in [5, 5.41) is 9.26. The molecule has 3 unspecified atom stereocenters. The van der Waals surface area contributed by atoms with Gasteiger partial charge in [-0.1, -0.05) is 22.0 Å². The molecule has 2 bridgehead atoms. The summed E-state index contributed by atoms with van der Waals surface area (Å²) in [6.07, 6.45) is 2.33. The van der Waals surface area contributed by atoms with Crippen LogP contribution < -0.4 is 0 Å². The van der Waals surface area contributed by atoms with E-state index in [2.05, 4.69) is 15.9 Å². The van der Waals surface area contributed by atoms with Crippen LogP contribution in [-0.4, -0.2) is 34.0 Å². The molecule has 1 aromatic carbocycles. The zero-order valence-electron chi connectivity index (χ0n) is 11.2. The molecule has 20 heavy (non-hydrogen) atoms. The van der Waals surface area contributed by atoms with Crippen LogP contribution in [0.2, 0.25) is 0 Å². The maximum Gasteiger partial charge on any atom is 0.308 e. The standard InChI is InChI=1S/C15H16BrNO3/c1-8-10(3-2-4-12(8)16)14(18)17-9-5-6-13(17)11(7-9)15(19)20/h2-4,9,11,13H,5-7H2,1H3,(H,19,20). The Morgan fingerprint density at radius 1 is 1.35 bits per heavy atom. The molecule has 2 saturated heterocycles. The van der Waals surface area contributed by atoms with E-state index in [0.717, 1.165) is 22.9 Å². The van der Waals surface area contributed by atoms with Crippen molar-refractivity contribution in [2.75, 3.05) is 0 Å². The van der Waals surface area contributed by atoms with E-state index in [-0.39, 0.29) is 18.0 Å². The Bertz CT molecular complexity index is 586. The molecule has 2 fully saturated rings. The van der Waals surface area contributed by atoms with Gasteiger partial charge in [-0.05, 0) is 43.9 Å². The Morgan fingerprint density at radius 2 is 2.10 bits per heavy atom. The van der Waals surface area contributed by atoms with Crippen molar-refractivity contribution in [1.82, 2.24) is 4.90 Å². The molecule has 1 N–H and O–H groups in total. The van der Waals surface area contributed by atoms with Gasteiger partial charge in [-0.25, -0.2) is 0 Å². The molecule has 4 nitrogen and oxygen atoms in total. The lowest BCUT2D eigenvalue weighted by molar-refractivity contribution is -0.142. The fourth-order valence-corrected chi connectivity index (χ4v) is 3.92. The topological polar surface area (TPSA) is 57.6 Å². The van der Waals surface area contributed by atoms with Gasteiger partial charge >= 0.3 is 5.97 Å². The van der Waals surface area contributed by atoms with Crippen molar-refractivity contribution in [3.63, 3.8) is 0 Å². The number of carboxylic acid groups (broad SMARTS) is 1. The highest BCUT2D eigenvalue weighted by atomic mass is 79.9. The summed E-state index contributed by atoms with van der Waals surface area (Å²) in [5.74, 6) is -1.20. The van der Waals surface area contributed by atoms with Crippen LogP contribution in [-0.2, 0) is 4.79 Å². The van der Waals surface area contributed by atoms with Crippen molar-refractivity contribution in [1.29, 1.82) is 0 Å². The highest BCUT2D eigenvalue weighted by Gasteiger charge is 2.51. The molecule has 1 amide bonds. The molecule has 3 atom stereocenters. The van der Waals surface area contributed by atoms with Gasteiger partial charge < -0.3 is 10.0 Å². The van der Waals surface area contributed by atoms with Gasteiger partial charge in [0.25, 0.3) is 5.91 Å². The third-order valence-corrected chi connectivity index (χ3v) is 5.45. The largest absolute Gasteiger partial charge is 0.481 e. The summed E-state index contributed by atoms with van der Waals surface area (Å²) < 4.78 is 0.907. The zero-order valence-corrected chi connectivity index (χ0v) is 12.8. The Balaban J connectivity index is 1.92. The second-order valence-corrected chi connectivity index (χ2v) is 6.46. The Hall–Kier alpha value is -1.36. The monoisotopic (exact) mass is 337 g/mol. The number of benzene rings is 1.